The number of benzene rings is 1. The lowest BCUT2D eigenvalue weighted by Crippen LogP contribution is -2.26. The van der Waals surface area contributed by atoms with Gasteiger partial charge in [0.05, 0.1) is 31.6 Å². The average Bonchev–Trinajstić information content (AvgIpc) is 2.60. The Morgan fingerprint density at radius 2 is 1.79 bits per heavy atom. The third-order valence-electron chi connectivity index (χ3n) is 3.38. The van der Waals surface area contributed by atoms with Crippen molar-refractivity contribution in [1.29, 1.82) is 10.5 Å². The molecule has 6 nitrogen and oxygen atoms in total. The van der Waals surface area contributed by atoms with Gasteiger partial charge < -0.3 is 15.3 Å². The molecule has 0 saturated carbocycles. The lowest BCUT2D eigenvalue weighted by atomic mass is 10.1. The van der Waals surface area contributed by atoms with Crippen LogP contribution in [0.2, 0.25) is 0 Å². The van der Waals surface area contributed by atoms with E-state index in [9.17, 15) is 4.79 Å². The van der Waals surface area contributed by atoms with Crippen LogP contribution in [0.25, 0.3) is 6.08 Å². The Balaban J connectivity index is 2.80. The zero-order valence-corrected chi connectivity index (χ0v) is 13.8. The van der Waals surface area contributed by atoms with Gasteiger partial charge in [-0.1, -0.05) is 12.1 Å². The van der Waals surface area contributed by atoms with E-state index in [0.717, 1.165) is 11.3 Å². The SMILES string of the molecule is C/C(=C\c1ccc(N(CCC#N)CCC#N)cc1)C(=O)NCCO. The van der Waals surface area contributed by atoms with Gasteiger partial charge in [-0.25, -0.2) is 0 Å². The molecule has 0 saturated heterocycles. The van der Waals surface area contributed by atoms with Gasteiger partial charge in [-0.3, -0.25) is 4.79 Å². The van der Waals surface area contributed by atoms with Crippen molar-refractivity contribution in [3.05, 3.63) is 35.4 Å². The number of carbonyl (C=O) groups excluding carboxylic acids is 1. The number of amides is 1. The van der Waals surface area contributed by atoms with Crippen LogP contribution in [0.15, 0.2) is 29.8 Å². The second-order valence-corrected chi connectivity index (χ2v) is 5.20. The van der Waals surface area contributed by atoms with Gasteiger partial charge in [0.1, 0.15) is 0 Å². The number of nitrogens with one attached hydrogen (secondary N) is 1. The van der Waals surface area contributed by atoms with E-state index in [0.29, 0.717) is 31.5 Å². The number of rotatable bonds is 9. The van der Waals surface area contributed by atoms with E-state index < -0.39 is 0 Å². The summed E-state index contributed by atoms with van der Waals surface area (Å²) < 4.78 is 0. The molecule has 0 radical (unpaired) electrons. The summed E-state index contributed by atoms with van der Waals surface area (Å²) in [5, 5.41) is 28.8. The van der Waals surface area contributed by atoms with Crippen LogP contribution in [0.4, 0.5) is 5.69 Å². The van der Waals surface area contributed by atoms with Crippen LogP contribution in [-0.2, 0) is 4.79 Å². The van der Waals surface area contributed by atoms with E-state index >= 15 is 0 Å². The van der Waals surface area contributed by atoms with E-state index in [-0.39, 0.29) is 19.1 Å². The maximum absolute atomic E-state index is 11.8. The molecule has 0 bridgehead atoms. The molecule has 0 spiro atoms. The number of aliphatic hydroxyl groups excluding tert-OH is 1. The molecule has 1 aromatic carbocycles. The monoisotopic (exact) mass is 326 g/mol. The molecule has 0 atom stereocenters. The van der Waals surface area contributed by atoms with E-state index in [1.165, 1.54) is 0 Å². The molecular weight excluding hydrogens is 304 g/mol. The van der Waals surface area contributed by atoms with Crippen LogP contribution in [0.3, 0.4) is 0 Å². The summed E-state index contributed by atoms with van der Waals surface area (Å²) >= 11 is 0. The van der Waals surface area contributed by atoms with Crippen molar-refractivity contribution in [1.82, 2.24) is 5.32 Å². The third-order valence-corrected chi connectivity index (χ3v) is 3.38. The highest BCUT2D eigenvalue weighted by Gasteiger charge is 2.07. The summed E-state index contributed by atoms with van der Waals surface area (Å²) in [6, 6.07) is 11.8. The molecule has 1 amide bonds. The largest absolute Gasteiger partial charge is 0.395 e. The van der Waals surface area contributed by atoms with Gasteiger partial charge in [-0.2, -0.15) is 10.5 Å². The first kappa shape index (κ1) is 19.2. The number of carbonyl (C=O) groups is 1. The first-order chi connectivity index (χ1) is 11.6. The molecule has 24 heavy (non-hydrogen) atoms. The molecule has 2 N–H and O–H groups in total. The standard InChI is InChI=1S/C18H22N4O2/c1-15(18(24)21-10-13-23)14-16-4-6-17(7-5-16)22(11-2-8-19)12-3-9-20/h4-7,14,23H,2-3,10-13H2,1H3,(H,21,24)/b15-14+. The summed E-state index contributed by atoms with van der Waals surface area (Å²) in [7, 11) is 0. The Morgan fingerprint density at radius 1 is 1.21 bits per heavy atom. The maximum atomic E-state index is 11.8. The second kappa shape index (κ2) is 10.8. The van der Waals surface area contributed by atoms with Crippen LogP contribution in [0, 0.1) is 22.7 Å². The van der Waals surface area contributed by atoms with Gasteiger partial charge in [0.25, 0.3) is 0 Å². The molecule has 0 aromatic heterocycles. The summed E-state index contributed by atoms with van der Waals surface area (Å²) in [6.45, 7) is 3.02. The normalized spacial score (nSPS) is 10.6. The van der Waals surface area contributed by atoms with Crippen molar-refractivity contribution in [2.24, 2.45) is 0 Å². The van der Waals surface area contributed by atoms with Crippen LogP contribution >= 0.6 is 0 Å². The van der Waals surface area contributed by atoms with Gasteiger partial charge >= 0.3 is 0 Å². The minimum Gasteiger partial charge on any atom is -0.395 e. The van der Waals surface area contributed by atoms with Crippen molar-refractivity contribution in [2.45, 2.75) is 19.8 Å². The van der Waals surface area contributed by atoms with Crippen molar-refractivity contribution >= 4 is 17.7 Å². The molecule has 0 aliphatic carbocycles. The number of anilines is 1. The summed E-state index contributed by atoms with van der Waals surface area (Å²) in [4.78, 5) is 13.8. The van der Waals surface area contributed by atoms with E-state index in [1.807, 2.05) is 29.2 Å². The Kier molecular flexibility index (Phi) is 8.67. The minimum absolute atomic E-state index is 0.0883. The number of nitrogens with zero attached hydrogens (tertiary/aromatic N) is 3. The predicted molar refractivity (Wildman–Crippen MR) is 92.9 cm³/mol. The second-order valence-electron chi connectivity index (χ2n) is 5.20. The number of hydrogen-bond acceptors (Lipinski definition) is 5. The van der Waals surface area contributed by atoms with E-state index in [1.54, 1.807) is 13.0 Å². The van der Waals surface area contributed by atoms with Gasteiger partial charge in [0.15, 0.2) is 0 Å². The van der Waals surface area contributed by atoms with E-state index in [4.69, 9.17) is 15.6 Å². The topological polar surface area (TPSA) is 100 Å². The summed E-state index contributed by atoms with van der Waals surface area (Å²) in [6.07, 6.45) is 2.57. The van der Waals surface area contributed by atoms with Crippen molar-refractivity contribution in [3.63, 3.8) is 0 Å². The Labute approximate surface area is 142 Å². The Morgan fingerprint density at radius 3 is 2.29 bits per heavy atom. The smallest absolute Gasteiger partial charge is 0.247 e. The van der Waals surface area contributed by atoms with Crippen LogP contribution in [-0.4, -0.2) is 37.3 Å². The summed E-state index contributed by atoms with van der Waals surface area (Å²) in [5.41, 5.74) is 2.39. The molecule has 0 fully saturated rings. The van der Waals surface area contributed by atoms with E-state index in [2.05, 4.69) is 17.5 Å². The molecule has 0 aliphatic rings. The molecule has 0 unspecified atom stereocenters. The number of hydrogen-bond donors (Lipinski definition) is 2. The molecule has 0 heterocycles. The molecule has 126 valence electrons. The van der Waals surface area contributed by atoms with Crippen LogP contribution in [0.1, 0.15) is 25.3 Å². The van der Waals surface area contributed by atoms with Gasteiger partial charge in [-0.15, -0.1) is 0 Å². The summed E-state index contributed by atoms with van der Waals surface area (Å²) in [5.74, 6) is -0.210. The van der Waals surface area contributed by atoms with Crippen molar-refractivity contribution in [2.75, 3.05) is 31.1 Å². The average molecular weight is 326 g/mol. The molecule has 6 heteroatoms. The highest BCUT2D eigenvalue weighted by molar-refractivity contribution is 5.97. The molecular formula is C18H22N4O2. The minimum atomic E-state index is -0.210. The highest BCUT2D eigenvalue weighted by Crippen LogP contribution is 2.17. The zero-order valence-electron chi connectivity index (χ0n) is 13.8. The first-order valence-electron chi connectivity index (χ1n) is 7.78. The third kappa shape index (κ3) is 6.51. The first-order valence-corrected chi connectivity index (χ1v) is 7.78. The molecule has 1 aromatic rings. The molecule has 0 aliphatic heterocycles. The van der Waals surface area contributed by atoms with Gasteiger partial charge in [0.2, 0.25) is 5.91 Å². The van der Waals surface area contributed by atoms with Crippen molar-refractivity contribution < 1.29 is 9.90 Å². The number of nitriles is 2. The lowest BCUT2D eigenvalue weighted by molar-refractivity contribution is -0.117. The Hall–Kier alpha value is -2.83. The van der Waals surface area contributed by atoms with Crippen LogP contribution in [0.5, 0.6) is 0 Å². The Bertz CT molecular complexity index is 620. The quantitative estimate of drug-likeness (QED) is 0.674. The fraction of sp³-hybridized carbons (Fsp3) is 0.389. The zero-order chi connectivity index (χ0) is 17.8. The predicted octanol–water partition coefficient (Wildman–Crippen LogP) is 1.83. The van der Waals surface area contributed by atoms with Gasteiger partial charge in [0, 0.05) is 30.9 Å². The van der Waals surface area contributed by atoms with Crippen molar-refractivity contribution in [3.8, 4) is 12.1 Å². The number of aliphatic hydroxyl groups is 1. The maximum Gasteiger partial charge on any atom is 0.247 e. The molecule has 1 rings (SSSR count). The highest BCUT2D eigenvalue weighted by atomic mass is 16.3. The lowest BCUT2D eigenvalue weighted by Gasteiger charge is -2.22. The van der Waals surface area contributed by atoms with Gasteiger partial charge in [-0.05, 0) is 30.7 Å². The fourth-order valence-corrected chi connectivity index (χ4v) is 2.15. The fourth-order valence-electron chi connectivity index (χ4n) is 2.15. The van der Waals surface area contributed by atoms with Crippen LogP contribution < -0.4 is 10.2 Å².